The summed E-state index contributed by atoms with van der Waals surface area (Å²) in [5.41, 5.74) is -0.314. The molecule has 1 aromatic rings. The third-order valence-corrected chi connectivity index (χ3v) is 2.29. The summed E-state index contributed by atoms with van der Waals surface area (Å²) in [4.78, 5) is 22.6. The van der Waals surface area contributed by atoms with E-state index in [4.69, 9.17) is 13.9 Å². The summed E-state index contributed by atoms with van der Waals surface area (Å²) in [6.45, 7) is 1.84. The van der Waals surface area contributed by atoms with E-state index in [2.05, 4.69) is 0 Å². The lowest BCUT2D eigenvalue weighted by Gasteiger charge is -2.04. The number of ether oxygens (including phenoxy) is 2. The van der Waals surface area contributed by atoms with Gasteiger partial charge in [0.1, 0.15) is 11.3 Å². The van der Waals surface area contributed by atoms with E-state index < -0.39 is 17.7 Å². The Morgan fingerprint density at radius 2 is 2.20 bits per heavy atom. The van der Waals surface area contributed by atoms with Gasteiger partial charge in [-0.1, -0.05) is 6.92 Å². The molecule has 0 bridgehead atoms. The second-order valence-corrected chi connectivity index (χ2v) is 3.18. The molecule has 0 saturated heterocycles. The number of esters is 1. The fourth-order valence-electron chi connectivity index (χ4n) is 1.59. The van der Waals surface area contributed by atoms with Gasteiger partial charge < -0.3 is 13.9 Å². The summed E-state index contributed by atoms with van der Waals surface area (Å²) in [5, 5.41) is 0. The van der Waals surface area contributed by atoms with Crippen molar-refractivity contribution in [2.75, 3.05) is 7.11 Å². The lowest BCUT2D eigenvalue weighted by molar-refractivity contribution is 0.0346. The fourth-order valence-corrected chi connectivity index (χ4v) is 1.59. The van der Waals surface area contributed by atoms with Gasteiger partial charge in [-0.25, -0.2) is 9.59 Å². The van der Waals surface area contributed by atoms with Crippen LogP contribution in [0.5, 0.6) is 5.75 Å². The summed E-state index contributed by atoms with van der Waals surface area (Å²) in [7, 11) is 1.39. The van der Waals surface area contributed by atoms with Crippen LogP contribution in [0.4, 0.5) is 0 Å². The highest BCUT2D eigenvalue weighted by Gasteiger charge is 2.36. The van der Waals surface area contributed by atoms with Crippen LogP contribution in [-0.4, -0.2) is 13.1 Å². The Balaban J connectivity index is 2.66. The molecule has 0 N–H and O–H groups in total. The minimum atomic E-state index is -0.539. The van der Waals surface area contributed by atoms with Gasteiger partial charge in [0.25, 0.3) is 0 Å². The Bertz CT molecular complexity index is 459. The minimum absolute atomic E-state index is 0.210. The zero-order valence-corrected chi connectivity index (χ0v) is 8.40. The van der Waals surface area contributed by atoms with E-state index in [1.165, 1.54) is 7.11 Å². The summed E-state index contributed by atoms with van der Waals surface area (Å²) in [5.74, 6) is -0.0218. The predicted molar refractivity (Wildman–Crippen MR) is 50.0 cm³/mol. The maximum atomic E-state index is 11.5. The van der Waals surface area contributed by atoms with Crippen molar-refractivity contribution in [3.8, 4) is 5.75 Å². The number of carbonyl (C=O) groups is 1. The van der Waals surface area contributed by atoms with Gasteiger partial charge in [0, 0.05) is 0 Å². The first-order chi connectivity index (χ1) is 7.17. The number of hydrogen-bond donors (Lipinski definition) is 0. The summed E-state index contributed by atoms with van der Waals surface area (Å²) in [6, 6.07) is 1.14. The van der Waals surface area contributed by atoms with E-state index in [0.29, 0.717) is 6.42 Å². The van der Waals surface area contributed by atoms with E-state index in [0.717, 1.165) is 6.07 Å². The molecule has 0 spiro atoms. The summed E-state index contributed by atoms with van der Waals surface area (Å²) >= 11 is 0. The molecule has 15 heavy (non-hydrogen) atoms. The monoisotopic (exact) mass is 210 g/mol. The topological polar surface area (TPSA) is 65.7 Å². The van der Waals surface area contributed by atoms with E-state index >= 15 is 0 Å². The molecular weight excluding hydrogens is 200 g/mol. The number of carbonyl (C=O) groups excluding carboxylic acids is 1. The maximum absolute atomic E-state index is 11.5. The standard InChI is InChI=1S/C10H10O5/c1-3-5-9-8(10(12)14-5)6(13-2)4-7(11)15-9/h4-5H,3H2,1-2H3. The Kier molecular flexibility index (Phi) is 2.22. The number of hydrogen-bond acceptors (Lipinski definition) is 5. The van der Waals surface area contributed by atoms with Gasteiger partial charge in [-0.15, -0.1) is 0 Å². The highest BCUT2D eigenvalue weighted by molar-refractivity contribution is 5.95. The molecule has 1 atom stereocenters. The van der Waals surface area contributed by atoms with E-state index in [1.807, 2.05) is 6.92 Å². The second-order valence-electron chi connectivity index (χ2n) is 3.18. The zero-order chi connectivity index (χ0) is 11.0. The average molecular weight is 210 g/mol. The molecule has 1 aliphatic heterocycles. The van der Waals surface area contributed by atoms with Crippen LogP contribution in [0.15, 0.2) is 15.3 Å². The van der Waals surface area contributed by atoms with Crippen molar-refractivity contribution < 1.29 is 18.7 Å². The SMILES string of the molecule is CCC1OC(=O)c2c(OC)cc(=O)oc21. The van der Waals surface area contributed by atoms with Crippen molar-refractivity contribution in [3.63, 3.8) is 0 Å². The molecule has 2 rings (SSSR count). The molecule has 1 unspecified atom stereocenters. The van der Waals surface area contributed by atoms with Crippen molar-refractivity contribution in [2.24, 2.45) is 0 Å². The smallest absolute Gasteiger partial charge is 0.346 e. The number of fused-ring (bicyclic) bond motifs is 1. The third kappa shape index (κ3) is 1.40. The van der Waals surface area contributed by atoms with Crippen molar-refractivity contribution >= 4 is 5.97 Å². The maximum Gasteiger partial charge on any atom is 0.346 e. The van der Waals surface area contributed by atoms with Gasteiger partial charge in [0.15, 0.2) is 11.9 Å². The lowest BCUT2D eigenvalue weighted by atomic mass is 10.1. The molecule has 2 heterocycles. The van der Waals surface area contributed by atoms with Crippen LogP contribution in [-0.2, 0) is 4.74 Å². The molecule has 0 amide bonds. The predicted octanol–water partition coefficient (Wildman–Crippen LogP) is 1.27. The molecule has 5 nitrogen and oxygen atoms in total. The average Bonchev–Trinajstić information content (AvgIpc) is 2.54. The fraction of sp³-hybridized carbons (Fsp3) is 0.400. The van der Waals surface area contributed by atoms with Gasteiger partial charge in [-0.05, 0) is 6.42 Å². The van der Waals surface area contributed by atoms with Crippen LogP contribution in [0.25, 0.3) is 0 Å². The van der Waals surface area contributed by atoms with Crippen molar-refractivity contribution in [1.29, 1.82) is 0 Å². The normalized spacial score (nSPS) is 18.5. The molecule has 0 aromatic carbocycles. The molecule has 0 radical (unpaired) electrons. The molecule has 5 heteroatoms. The third-order valence-electron chi connectivity index (χ3n) is 2.29. The molecular formula is C10H10O5. The van der Waals surface area contributed by atoms with E-state index in [9.17, 15) is 9.59 Å². The molecule has 0 saturated carbocycles. The van der Waals surface area contributed by atoms with Gasteiger partial charge >= 0.3 is 11.6 Å². The Morgan fingerprint density at radius 1 is 1.47 bits per heavy atom. The van der Waals surface area contributed by atoms with Crippen molar-refractivity contribution in [1.82, 2.24) is 0 Å². The first kappa shape index (κ1) is 9.76. The van der Waals surface area contributed by atoms with Crippen LogP contribution >= 0.6 is 0 Å². The first-order valence-corrected chi connectivity index (χ1v) is 4.60. The van der Waals surface area contributed by atoms with Gasteiger partial charge in [-0.2, -0.15) is 0 Å². The van der Waals surface area contributed by atoms with E-state index in [-0.39, 0.29) is 17.1 Å². The quantitative estimate of drug-likeness (QED) is 0.687. The summed E-state index contributed by atoms with van der Waals surface area (Å²) in [6.07, 6.45) is 0.0878. The lowest BCUT2D eigenvalue weighted by Crippen LogP contribution is -2.05. The van der Waals surface area contributed by atoms with Crippen LogP contribution in [0, 0.1) is 0 Å². The Labute approximate surface area is 85.6 Å². The van der Waals surface area contributed by atoms with Gasteiger partial charge in [0.2, 0.25) is 0 Å². The van der Waals surface area contributed by atoms with Crippen LogP contribution in [0.2, 0.25) is 0 Å². The Morgan fingerprint density at radius 3 is 2.80 bits per heavy atom. The van der Waals surface area contributed by atoms with Crippen LogP contribution < -0.4 is 10.4 Å². The number of methoxy groups -OCH3 is 1. The molecule has 0 aliphatic carbocycles. The molecule has 80 valence electrons. The zero-order valence-electron chi connectivity index (χ0n) is 8.40. The Hall–Kier alpha value is -1.78. The van der Waals surface area contributed by atoms with Gasteiger partial charge in [-0.3, -0.25) is 0 Å². The molecule has 1 aromatic heterocycles. The number of cyclic esters (lactones) is 1. The molecule has 1 aliphatic rings. The van der Waals surface area contributed by atoms with Crippen molar-refractivity contribution in [3.05, 3.63) is 27.8 Å². The first-order valence-electron chi connectivity index (χ1n) is 4.60. The van der Waals surface area contributed by atoms with Crippen molar-refractivity contribution in [2.45, 2.75) is 19.4 Å². The van der Waals surface area contributed by atoms with E-state index in [1.54, 1.807) is 0 Å². The van der Waals surface area contributed by atoms with Crippen LogP contribution in [0.1, 0.15) is 35.6 Å². The van der Waals surface area contributed by atoms with Gasteiger partial charge in [0.05, 0.1) is 13.2 Å². The second kappa shape index (κ2) is 3.42. The minimum Gasteiger partial charge on any atom is -0.495 e. The summed E-state index contributed by atoms with van der Waals surface area (Å²) < 4.78 is 14.9. The van der Waals surface area contributed by atoms with Crippen LogP contribution in [0.3, 0.4) is 0 Å². The number of rotatable bonds is 2. The molecule has 0 fully saturated rings. The highest BCUT2D eigenvalue weighted by Crippen LogP contribution is 2.36. The largest absolute Gasteiger partial charge is 0.495 e. The highest BCUT2D eigenvalue weighted by atomic mass is 16.6.